The number of benzene rings is 1. The van der Waals surface area contributed by atoms with Gasteiger partial charge in [-0.25, -0.2) is 0 Å². The van der Waals surface area contributed by atoms with Crippen LogP contribution in [0, 0.1) is 20.8 Å². The van der Waals surface area contributed by atoms with Crippen molar-refractivity contribution in [3.05, 3.63) is 34.5 Å². The van der Waals surface area contributed by atoms with E-state index >= 15 is 0 Å². The molecule has 4 nitrogen and oxygen atoms in total. The number of nitrogens with zero attached hydrogens (tertiary/aromatic N) is 2. The highest BCUT2D eigenvalue weighted by atomic mass is 16.5. The van der Waals surface area contributed by atoms with Gasteiger partial charge in [0.25, 0.3) is 0 Å². The third-order valence-corrected chi connectivity index (χ3v) is 3.69. The molecule has 19 heavy (non-hydrogen) atoms. The van der Waals surface area contributed by atoms with Crippen LogP contribution in [0.4, 0.5) is 0 Å². The van der Waals surface area contributed by atoms with Crippen LogP contribution in [-0.2, 0) is 13.6 Å². The maximum Gasteiger partial charge on any atom is 0.124 e. The van der Waals surface area contributed by atoms with Gasteiger partial charge in [-0.1, -0.05) is 0 Å². The van der Waals surface area contributed by atoms with E-state index in [1.54, 1.807) is 7.11 Å². The van der Waals surface area contributed by atoms with E-state index in [9.17, 15) is 0 Å². The minimum atomic E-state index is 0.497. The summed E-state index contributed by atoms with van der Waals surface area (Å²) in [5, 5.41) is 4.55. The summed E-state index contributed by atoms with van der Waals surface area (Å²) in [6.07, 6.45) is 0. The van der Waals surface area contributed by atoms with Crippen molar-refractivity contribution in [3.63, 3.8) is 0 Å². The Morgan fingerprint density at radius 1 is 1.21 bits per heavy atom. The highest BCUT2D eigenvalue weighted by molar-refractivity contribution is 5.69. The summed E-state index contributed by atoms with van der Waals surface area (Å²) < 4.78 is 7.29. The molecular formula is C15H21N3O. The highest BCUT2D eigenvalue weighted by Gasteiger charge is 2.14. The lowest BCUT2D eigenvalue weighted by molar-refractivity contribution is 0.408. The molecule has 1 aromatic heterocycles. The van der Waals surface area contributed by atoms with Gasteiger partial charge >= 0.3 is 0 Å². The van der Waals surface area contributed by atoms with Crippen molar-refractivity contribution >= 4 is 0 Å². The first kappa shape index (κ1) is 13.6. The number of aryl methyl sites for hydroxylation is 2. The Hall–Kier alpha value is -1.81. The molecule has 0 aliphatic heterocycles. The Kier molecular flexibility index (Phi) is 3.62. The Balaban J connectivity index is 2.62. The van der Waals surface area contributed by atoms with Crippen LogP contribution in [-0.4, -0.2) is 16.9 Å². The van der Waals surface area contributed by atoms with Gasteiger partial charge < -0.3 is 10.5 Å². The Morgan fingerprint density at radius 2 is 1.89 bits per heavy atom. The molecule has 0 saturated heterocycles. The van der Waals surface area contributed by atoms with Crippen LogP contribution in [0.2, 0.25) is 0 Å². The zero-order chi connectivity index (χ0) is 14.2. The first-order chi connectivity index (χ1) is 8.99. The summed E-state index contributed by atoms with van der Waals surface area (Å²) in [5.41, 5.74) is 12.3. The van der Waals surface area contributed by atoms with Gasteiger partial charge in [0.2, 0.25) is 0 Å². The third kappa shape index (κ3) is 2.24. The van der Waals surface area contributed by atoms with Gasteiger partial charge in [0.1, 0.15) is 5.75 Å². The number of methoxy groups -OCH3 is 1. The van der Waals surface area contributed by atoms with E-state index in [1.165, 1.54) is 5.56 Å². The molecule has 1 aromatic carbocycles. The molecule has 4 heteroatoms. The molecule has 0 spiro atoms. The summed E-state index contributed by atoms with van der Waals surface area (Å²) in [5.74, 6) is 0.955. The number of nitrogens with two attached hydrogens (primary N) is 1. The molecule has 0 atom stereocenters. The van der Waals surface area contributed by atoms with Crippen molar-refractivity contribution in [2.45, 2.75) is 27.3 Å². The fourth-order valence-corrected chi connectivity index (χ4v) is 2.47. The number of rotatable bonds is 3. The molecule has 102 valence electrons. The molecule has 0 aliphatic rings. The average molecular weight is 259 g/mol. The van der Waals surface area contributed by atoms with Crippen molar-refractivity contribution in [1.29, 1.82) is 0 Å². The predicted molar refractivity (Wildman–Crippen MR) is 77.3 cm³/mol. The van der Waals surface area contributed by atoms with E-state index < -0.39 is 0 Å². The highest BCUT2D eigenvalue weighted by Crippen LogP contribution is 2.33. The topological polar surface area (TPSA) is 53.1 Å². The zero-order valence-electron chi connectivity index (χ0n) is 12.2. The monoisotopic (exact) mass is 259 g/mol. The molecule has 0 bridgehead atoms. The van der Waals surface area contributed by atoms with Gasteiger partial charge in [-0.15, -0.1) is 0 Å². The van der Waals surface area contributed by atoms with Gasteiger partial charge in [0.15, 0.2) is 0 Å². The van der Waals surface area contributed by atoms with Crippen molar-refractivity contribution in [2.75, 3.05) is 7.11 Å². The minimum absolute atomic E-state index is 0.497. The quantitative estimate of drug-likeness (QED) is 0.921. The molecular weight excluding hydrogens is 238 g/mol. The molecule has 0 radical (unpaired) electrons. The molecule has 2 aromatic rings. The molecule has 0 unspecified atom stereocenters. The number of ether oxygens (including phenoxy) is 1. The second kappa shape index (κ2) is 5.05. The van der Waals surface area contributed by atoms with Gasteiger partial charge in [0, 0.05) is 19.2 Å². The largest absolute Gasteiger partial charge is 0.496 e. The molecule has 1 heterocycles. The second-order valence-electron chi connectivity index (χ2n) is 4.87. The first-order valence-corrected chi connectivity index (χ1v) is 6.37. The first-order valence-electron chi connectivity index (χ1n) is 6.37. The maximum atomic E-state index is 5.70. The summed E-state index contributed by atoms with van der Waals surface area (Å²) >= 11 is 0. The number of hydrogen-bond donors (Lipinski definition) is 1. The van der Waals surface area contributed by atoms with E-state index in [1.807, 2.05) is 17.8 Å². The molecule has 0 saturated carbocycles. The Bertz CT molecular complexity index is 614. The van der Waals surface area contributed by atoms with E-state index in [4.69, 9.17) is 10.5 Å². The summed E-state index contributed by atoms with van der Waals surface area (Å²) in [7, 11) is 3.63. The molecule has 0 amide bonds. The zero-order valence-corrected chi connectivity index (χ0v) is 12.2. The van der Waals surface area contributed by atoms with Gasteiger partial charge in [0.05, 0.1) is 18.5 Å². The lowest BCUT2D eigenvalue weighted by Gasteiger charge is -2.14. The van der Waals surface area contributed by atoms with E-state index in [0.717, 1.165) is 33.8 Å². The molecule has 0 fully saturated rings. The lowest BCUT2D eigenvalue weighted by atomic mass is 9.96. The van der Waals surface area contributed by atoms with E-state index in [2.05, 4.69) is 31.9 Å². The van der Waals surface area contributed by atoms with Crippen LogP contribution in [0.5, 0.6) is 5.75 Å². The SMILES string of the molecule is COc1c(C)cc(-c2cc(CN)n(C)n2)c(C)c1C. The molecule has 2 rings (SSSR count). The van der Waals surface area contributed by atoms with Crippen molar-refractivity contribution in [3.8, 4) is 17.0 Å². The van der Waals surface area contributed by atoms with Gasteiger partial charge in [-0.2, -0.15) is 5.10 Å². The van der Waals surface area contributed by atoms with E-state index in [-0.39, 0.29) is 0 Å². The minimum Gasteiger partial charge on any atom is -0.496 e. The average Bonchev–Trinajstić information content (AvgIpc) is 2.75. The van der Waals surface area contributed by atoms with Crippen LogP contribution in [0.1, 0.15) is 22.4 Å². The predicted octanol–water partition coefficient (Wildman–Crippen LogP) is 2.48. The van der Waals surface area contributed by atoms with Crippen molar-refractivity contribution < 1.29 is 4.74 Å². The normalized spacial score (nSPS) is 10.8. The number of hydrogen-bond acceptors (Lipinski definition) is 3. The summed E-state index contributed by atoms with van der Waals surface area (Å²) in [6, 6.07) is 4.18. The van der Waals surface area contributed by atoms with Crippen LogP contribution in [0.15, 0.2) is 12.1 Å². The Labute approximate surface area is 114 Å². The summed E-state index contributed by atoms with van der Waals surface area (Å²) in [4.78, 5) is 0. The standard InChI is InChI=1S/C15H21N3O/c1-9-6-13(10(2)11(3)15(9)19-5)14-7-12(8-16)18(4)17-14/h6-7H,8,16H2,1-5H3. The fourth-order valence-electron chi connectivity index (χ4n) is 2.47. The van der Waals surface area contributed by atoms with Crippen molar-refractivity contribution in [2.24, 2.45) is 12.8 Å². The number of aromatic nitrogens is 2. The summed E-state index contributed by atoms with van der Waals surface area (Å²) in [6.45, 7) is 6.74. The molecule has 2 N–H and O–H groups in total. The van der Waals surface area contributed by atoms with Crippen LogP contribution in [0.3, 0.4) is 0 Å². The van der Waals surface area contributed by atoms with Crippen LogP contribution >= 0.6 is 0 Å². The van der Waals surface area contributed by atoms with Gasteiger partial charge in [-0.05, 0) is 49.6 Å². The second-order valence-corrected chi connectivity index (χ2v) is 4.87. The van der Waals surface area contributed by atoms with Gasteiger partial charge in [-0.3, -0.25) is 4.68 Å². The van der Waals surface area contributed by atoms with Crippen molar-refractivity contribution in [1.82, 2.24) is 9.78 Å². The maximum absolute atomic E-state index is 5.70. The third-order valence-electron chi connectivity index (χ3n) is 3.69. The van der Waals surface area contributed by atoms with Crippen LogP contribution < -0.4 is 10.5 Å². The molecule has 0 aliphatic carbocycles. The smallest absolute Gasteiger partial charge is 0.124 e. The van der Waals surface area contributed by atoms with Crippen LogP contribution in [0.25, 0.3) is 11.3 Å². The van der Waals surface area contributed by atoms with E-state index in [0.29, 0.717) is 6.54 Å². The lowest BCUT2D eigenvalue weighted by Crippen LogP contribution is -2.03. The Morgan fingerprint density at radius 3 is 2.42 bits per heavy atom. The fraction of sp³-hybridized carbons (Fsp3) is 0.400.